The monoisotopic (exact) mass is 419 g/mol. The molecule has 4 amide bonds. The number of benzene rings is 1. The summed E-state index contributed by atoms with van der Waals surface area (Å²) in [5, 5.41) is 2.98. The molecule has 29 heavy (non-hydrogen) atoms. The zero-order chi connectivity index (χ0) is 20.6. The molecule has 0 aromatic heterocycles. The van der Waals surface area contributed by atoms with E-state index < -0.39 is 0 Å². The summed E-state index contributed by atoms with van der Waals surface area (Å²) in [6.07, 6.45) is 2.50. The molecule has 0 unspecified atom stereocenters. The number of hydrogen-bond donors (Lipinski definition) is 2. The van der Waals surface area contributed by atoms with E-state index >= 15 is 0 Å². The number of para-hydroxylation sites is 1. The van der Waals surface area contributed by atoms with Crippen molar-refractivity contribution in [1.82, 2.24) is 14.7 Å². The number of anilines is 1. The SMILES string of the molecule is NC(=O)CCSc1ccccc1NC(=O)N1CCN(CC(=O)N2CCCC2)CC1. The van der Waals surface area contributed by atoms with E-state index in [4.69, 9.17) is 5.73 Å². The quantitative estimate of drug-likeness (QED) is 0.652. The van der Waals surface area contributed by atoms with Gasteiger partial charge in [-0.15, -0.1) is 11.8 Å². The Labute approximate surface area is 175 Å². The summed E-state index contributed by atoms with van der Waals surface area (Å²) in [5.74, 6) is 0.439. The second kappa shape index (κ2) is 10.5. The van der Waals surface area contributed by atoms with Gasteiger partial charge in [0.05, 0.1) is 12.2 Å². The molecule has 0 atom stereocenters. The van der Waals surface area contributed by atoms with Crippen LogP contribution in [0.4, 0.5) is 10.5 Å². The Morgan fingerprint density at radius 1 is 0.966 bits per heavy atom. The van der Waals surface area contributed by atoms with Gasteiger partial charge in [0.15, 0.2) is 0 Å². The Bertz CT molecular complexity index is 731. The van der Waals surface area contributed by atoms with Gasteiger partial charge in [-0.25, -0.2) is 4.79 Å². The molecule has 2 heterocycles. The van der Waals surface area contributed by atoms with Crippen LogP contribution in [0.15, 0.2) is 29.2 Å². The number of primary amides is 1. The van der Waals surface area contributed by atoms with E-state index in [1.54, 1.807) is 4.90 Å². The van der Waals surface area contributed by atoms with Crippen LogP contribution in [0.1, 0.15) is 19.3 Å². The van der Waals surface area contributed by atoms with Gasteiger partial charge < -0.3 is 20.9 Å². The lowest BCUT2D eigenvalue weighted by Crippen LogP contribution is -2.52. The number of likely N-dealkylation sites (tertiary alicyclic amines) is 1. The van der Waals surface area contributed by atoms with Crippen LogP contribution < -0.4 is 11.1 Å². The van der Waals surface area contributed by atoms with Crippen LogP contribution >= 0.6 is 11.8 Å². The fourth-order valence-electron chi connectivity index (χ4n) is 3.52. The third kappa shape index (κ3) is 6.37. The van der Waals surface area contributed by atoms with Gasteiger partial charge in [0.25, 0.3) is 0 Å². The number of nitrogens with two attached hydrogens (primary N) is 1. The zero-order valence-electron chi connectivity index (χ0n) is 16.6. The highest BCUT2D eigenvalue weighted by molar-refractivity contribution is 7.99. The number of hydrogen-bond acceptors (Lipinski definition) is 5. The number of amides is 4. The predicted octanol–water partition coefficient (Wildman–Crippen LogP) is 1.43. The second-order valence-electron chi connectivity index (χ2n) is 7.34. The minimum Gasteiger partial charge on any atom is -0.370 e. The van der Waals surface area contributed by atoms with Crippen molar-refractivity contribution in [2.24, 2.45) is 5.73 Å². The van der Waals surface area contributed by atoms with Crippen molar-refractivity contribution in [3.05, 3.63) is 24.3 Å². The molecule has 2 aliphatic heterocycles. The Morgan fingerprint density at radius 2 is 1.66 bits per heavy atom. The van der Waals surface area contributed by atoms with Crippen molar-refractivity contribution in [2.45, 2.75) is 24.2 Å². The fourth-order valence-corrected chi connectivity index (χ4v) is 4.49. The average molecular weight is 420 g/mol. The lowest BCUT2D eigenvalue weighted by Gasteiger charge is -2.35. The van der Waals surface area contributed by atoms with Gasteiger partial charge in [0, 0.05) is 56.3 Å². The molecule has 9 heteroatoms. The summed E-state index contributed by atoms with van der Waals surface area (Å²) in [6.45, 7) is 4.77. The summed E-state index contributed by atoms with van der Waals surface area (Å²) in [6, 6.07) is 7.41. The highest BCUT2D eigenvalue weighted by atomic mass is 32.2. The molecule has 2 saturated heterocycles. The normalized spacial score (nSPS) is 17.4. The number of urea groups is 1. The van der Waals surface area contributed by atoms with Crippen LogP contribution in [0.2, 0.25) is 0 Å². The minimum absolute atomic E-state index is 0.140. The summed E-state index contributed by atoms with van der Waals surface area (Å²) >= 11 is 1.50. The first kappa shape index (κ1) is 21.4. The van der Waals surface area contributed by atoms with Crippen molar-refractivity contribution in [3.63, 3.8) is 0 Å². The molecule has 2 fully saturated rings. The Hall–Kier alpha value is -2.26. The maximum absolute atomic E-state index is 12.7. The molecular weight excluding hydrogens is 390 g/mol. The second-order valence-corrected chi connectivity index (χ2v) is 8.48. The molecule has 0 spiro atoms. The van der Waals surface area contributed by atoms with Gasteiger partial charge in [-0.3, -0.25) is 14.5 Å². The minimum atomic E-state index is -0.333. The van der Waals surface area contributed by atoms with E-state index in [1.165, 1.54) is 11.8 Å². The molecule has 158 valence electrons. The Balaban J connectivity index is 1.46. The molecule has 0 saturated carbocycles. The highest BCUT2D eigenvalue weighted by Crippen LogP contribution is 2.27. The summed E-state index contributed by atoms with van der Waals surface area (Å²) in [7, 11) is 0. The number of rotatable bonds is 7. The Kier molecular flexibility index (Phi) is 7.76. The van der Waals surface area contributed by atoms with Gasteiger partial charge in [-0.2, -0.15) is 0 Å². The van der Waals surface area contributed by atoms with Crippen molar-refractivity contribution >= 4 is 35.3 Å². The molecule has 2 aliphatic rings. The first-order valence-corrected chi connectivity index (χ1v) is 11.1. The number of nitrogens with zero attached hydrogens (tertiary/aromatic N) is 3. The topological polar surface area (TPSA) is 99.0 Å². The molecule has 1 aromatic carbocycles. The average Bonchev–Trinajstić information content (AvgIpc) is 3.24. The van der Waals surface area contributed by atoms with Crippen LogP contribution in [-0.2, 0) is 9.59 Å². The molecule has 3 N–H and O–H groups in total. The summed E-state index contributed by atoms with van der Waals surface area (Å²) in [4.78, 5) is 42.7. The third-order valence-corrected chi connectivity index (χ3v) is 6.29. The predicted molar refractivity (Wildman–Crippen MR) is 114 cm³/mol. The van der Waals surface area contributed by atoms with Crippen molar-refractivity contribution in [3.8, 4) is 0 Å². The van der Waals surface area contributed by atoms with Gasteiger partial charge >= 0.3 is 6.03 Å². The molecule has 0 radical (unpaired) electrons. The van der Waals surface area contributed by atoms with Gasteiger partial charge in [-0.1, -0.05) is 12.1 Å². The van der Waals surface area contributed by atoms with E-state index in [0.29, 0.717) is 44.9 Å². The van der Waals surface area contributed by atoms with Gasteiger partial charge in [0.1, 0.15) is 0 Å². The number of thioether (sulfide) groups is 1. The number of piperazine rings is 1. The molecule has 8 nitrogen and oxygen atoms in total. The fraction of sp³-hybridized carbons (Fsp3) is 0.550. The maximum Gasteiger partial charge on any atom is 0.321 e. The standard InChI is InChI=1S/C20H29N5O3S/c21-18(26)7-14-29-17-6-2-1-5-16(17)22-20(28)25-12-10-23(11-13-25)15-19(27)24-8-3-4-9-24/h1-2,5-6H,3-4,7-15H2,(H2,21,26)(H,22,28). The molecular formula is C20H29N5O3S. The molecule has 0 bridgehead atoms. The smallest absolute Gasteiger partial charge is 0.321 e. The van der Waals surface area contributed by atoms with Crippen LogP contribution in [0.5, 0.6) is 0 Å². The van der Waals surface area contributed by atoms with Gasteiger partial charge in [-0.05, 0) is 25.0 Å². The zero-order valence-corrected chi connectivity index (χ0v) is 17.5. The third-order valence-electron chi connectivity index (χ3n) is 5.21. The van der Waals surface area contributed by atoms with E-state index in [0.717, 1.165) is 36.5 Å². The first-order chi connectivity index (χ1) is 14.0. The van der Waals surface area contributed by atoms with E-state index in [1.807, 2.05) is 29.2 Å². The van der Waals surface area contributed by atoms with E-state index in [9.17, 15) is 14.4 Å². The van der Waals surface area contributed by atoms with Crippen LogP contribution in [-0.4, -0.2) is 84.1 Å². The lowest BCUT2D eigenvalue weighted by molar-refractivity contribution is -0.131. The van der Waals surface area contributed by atoms with Gasteiger partial charge in [0.2, 0.25) is 11.8 Å². The summed E-state index contributed by atoms with van der Waals surface area (Å²) < 4.78 is 0. The molecule has 0 aliphatic carbocycles. The van der Waals surface area contributed by atoms with Crippen LogP contribution in [0.3, 0.4) is 0 Å². The number of carbonyl (C=O) groups is 3. The van der Waals surface area contributed by atoms with E-state index in [2.05, 4.69) is 10.2 Å². The number of nitrogens with one attached hydrogen (secondary N) is 1. The maximum atomic E-state index is 12.7. The summed E-state index contributed by atoms with van der Waals surface area (Å²) in [5.41, 5.74) is 5.93. The number of carbonyl (C=O) groups excluding carboxylic acids is 3. The molecule has 1 aromatic rings. The largest absolute Gasteiger partial charge is 0.370 e. The molecule has 3 rings (SSSR count). The first-order valence-electron chi connectivity index (χ1n) is 10.1. The highest BCUT2D eigenvalue weighted by Gasteiger charge is 2.25. The van der Waals surface area contributed by atoms with Crippen LogP contribution in [0.25, 0.3) is 0 Å². The van der Waals surface area contributed by atoms with Crippen molar-refractivity contribution in [1.29, 1.82) is 0 Å². The van der Waals surface area contributed by atoms with Crippen molar-refractivity contribution in [2.75, 3.05) is 56.9 Å². The van der Waals surface area contributed by atoms with Crippen LogP contribution in [0, 0.1) is 0 Å². The van der Waals surface area contributed by atoms with Crippen molar-refractivity contribution < 1.29 is 14.4 Å². The Morgan fingerprint density at radius 3 is 2.34 bits per heavy atom. The lowest BCUT2D eigenvalue weighted by atomic mass is 10.3. The van der Waals surface area contributed by atoms with E-state index in [-0.39, 0.29) is 17.8 Å².